The van der Waals surface area contributed by atoms with Crippen molar-refractivity contribution in [3.63, 3.8) is 0 Å². The van der Waals surface area contributed by atoms with Crippen molar-refractivity contribution in [3.05, 3.63) is 62.6 Å². The first kappa shape index (κ1) is 13.0. The van der Waals surface area contributed by atoms with E-state index in [2.05, 4.69) is 15.9 Å². The highest BCUT2D eigenvalue weighted by molar-refractivity contribution is 9.10. The number of ketones is 1. The van der Waals surface area contributed by atoms with Gasteiger partial charge in [-0.25, -0.2) is 0 Å². The molecule has 0 aromatic heterocycles. The Morgan fingerprint density at radius 1 is 1.05 bits per heavy atom. The van der Waals surface area contributed by atoms with Gasteiger partial charge >= 0.3 is 0 Å². The second-order valence-corrected chi connectivity index (χ2v) is 6.26. The first-order valence-electron chi connectivity index (χ1n) is 6.92. The molecule has 4 rings (SSSR count). The molecule has 4 heteroatoms. The predicted molar refractivity (Wildman–Crippen MR) is 81.7 cm³/mol. The molecule has 0 atom stereocenters. The van der Waals surface area contributed by atoms with Crippen LogP contribution in [0.15, 0.2) is 34.8 Å². The second kappa shape index (κ2) is 4.97. The summed E-state index contributed by atoms with van der Waals surface area (Å²) in [7, 11) is 0. The van der Waals surface area contributed by atoms with Gasteiger partial charge in [0.2, 0.25) is 0 Å². The van der Waals surface area contributed by atoms with E-state index in [-0.39, 0.29) is 5.78 Å². The van der Waals surface area contributed by atoms with E-state index in [1.807, 2.05) is 30.3 Å². The molecular weight excluding hydrogens is 332 g/mol. The molecule has 0 radical (unpaired) electrons. The Bertz CT molecular complexity index is 752. The lowest BCUT2D eigenvalue weighted by Crippen LogP contribution is -2.05. The number of hydrogen-bond acceptors (Lipinski definition) is 3. The number of benzene rings is 2. The average Bonchev–Trinajstić information content (AvgIpc) is 3.12. The zero-order valence-corrected chi connectivity index (χ0v) is 12.9. The molecule has 106 valence electrons. The molecular formula is C17H13BrO3. The van der Waals surface area contributed by atoms with Crippen molar-refractivity contribution in [2.24, 2.45) is 0 Å². The quantitative estimate of drug-likeness (QED) is 0.780. The van der Waals surface area contributed by atoms with E-state index >= 15 is 0 Å². The summed E-state index contributed by atoms with van der Waals surface area (Å²) in [6, 6.07) is 9.66. The number of hydrogen-bond donors (Lipinski definition) is 0. The molecule has 0 saturated heterocycles. The summed E-state index contributed by atoms with van der Waals surface area (Å²) in [5, 5.41) is 0. The first-order valence-corrected chi connectivity index (χ1v) is 7.71. The summed E-state index contributed by atoms with van der Waals surface area (Å²) in [6.07, 6.45) is 0.854. The van der Waals surface area contributed by atoms with Crippen molar-refractivity contribution in [1.29, 1.82) is 0 Å². The summed E-state index contributed by atoms with van der Waals surface area (Å²) in [4.78, 5) is 12.8. The third kappa shape index (κ3) is 2.19. The molecule has 0 bridgehead atoms. The Morgan fingerprint density at radius 3 is 2.81 bits per heavy atom. The Hall–Kier alpha value is -1.65. The lowest BCUT2D eigenvalue weighted by Gasteiger charge is -2.09. The number of carbonyl (C=O) groups excluding carboxylic acids is 1. The summed E-state index contributed by atoms with van der Waals surface area (Å²) in [6.45, 7) is 1.87. The molecule has 3 nitrogen and oxygen atoms in total. The molecule has 2 aromatic carbocycles. The summed E-state index contributed by atoms with van der Waals surface area (Å²) >= 11 is 3.48. The van der Waals surface area contributed by atoms with Gasteiger partial charge in [0.15, 0.2) is 5.78 Å². The molecule has 0 spiro atoms. The molecule has 2 aliphatic rings. The van der Waals surface area contributed by atoms with Gasteiger partial charge in [-0.15, -0.1) is 0 Å². The van der Waals surface area contributed by atoms with Crippen LogP contribution < -0.4 is 4.74 Å². The molecule has 21 heavy (non-hydrogen) atoms. The zero-order valence-electron chi connectivity index (χ0n) is 11.3. The van der Waals surface area contributed by atoms with Crippen molar-refractivity contribution >= 4 is 21.7 Å². The van der Waals surface area contributed by atoms with Gasteiger partial charge in [-0.1, -0.05) is 28.1 Å². The Kier molecular flexibility index (Phi) is 3.08. The van der Waals surface area contributed by atoms with Crippen molar-refractivity contribution in [3.8, 4) is 5.75 Å². The van der Waals surface area contributed by atoms with E-state index in [9.17, 15) is 4.79 Å². The maximum atomic E-state index is 12.8. The van der Waals surface area contributed by atoms with Gasteiger partial charge in [-0.05, 0) is 34.9 Å². The van der Waals surface area contributed by atoms with E-state index in [0.29, 0.717) is 30.9 Å². The van der Waals surface area contributed by atoms with E-state index in [1.54, 1.807) is 0 Å². The molecule has 0 fully saturated rings. The largest absolute Gasteiger partial charge is 0.492 e. The Labute approximate surface area is 131 Å². The molecule has 0 N–H and O–H groups in total. The lowest BCUT2D eigenvalue weighted by atomic mass is 9.97. The van der Waals surface area contributed by atoms with Crippen LogP contribution in [0, 0.1) is 0 Å². The van der Waals surface area contributed by atoms with Crippen LogP contribution in [0.5, 0.6) is 5.75 Å². The van der Waals surface area contributed by atoms with Gasteiger partial charge < -0.3 is 9.47 Å². The number of rotatable bonds is 2. The van der Waals surface area contributed by atoms with Crippen LogP contribution in [0.3, 0.4) is 0 Å². The summed E-state index contributed by atoms with van der Waals surface area (Å²) in [5.74, 6) is 0.740. The molecule has 0 aliphatic carbocycles. The van der Waals surface area contributed by atoms with Gasteiger partial charge in [-0.2, -0.15) is 0 Å². The molecule has 0 saturated carbocycles. The minimum absolute atomic E-state index is 0.00384. The number of halogens is 1. The van der Waals surface area contributed by atoms with Crippen LogP contribution in [0.25, 0.3) is 0 Å². The van der Waals surface area contributed by atoms with E-state index < -0.39 is 0 Å². The minimum atomic E-state index is 0.00384. The van der Waals surface area contributed by atoms with Gasteiger partial charge in [0, 0.05) is 16.5 Å². The second-order valence-electron chi connectivity index (χ2n) is 5.35. The van der Waals surface area contributed by atoms with Crippen LogP contribution in [-0.2, 0) is 24.4 Å². The van der Waals surface area contributed by atoms with Crippen molar-refractivity contribution in [1.82, 2.24) is 0 Å². The number of fused-ring (bicyclic) bond motifs is 2. The van der Waals surface area contributed by atoms with E-state index in [4.69, 9.17) is 9.47 Å². The zero-order chi connectivity index (χ0) is 14.4. The Morgan fingerprint density at radius 2 is 1.90 bits per heavy atom. The van der Waals surface area contributed by atoms with E-state index in [1.165, 1.54) is 5.56 Å². The summed E-state index contributed by atoms with van der Waals surface area (Å²) < 4.78 is 12.0. The van der Waals surface area contributed by atoms with Crippen molar-refractivity contribution in [2.75, 3.05) is 6.61 Å². The average molecular weight is 345 g/mol. The van der Waals surface area contributed by atoms with Crippen LogP contribution in [0.2, 0.25) is 0 Å². The highest BCUT2D eigenvalue weighted by atomic mass is 79.9. The minimum Gasteiger partial charge on any atom is -0.492 e. The monoisotopic (exact) mass is 344 g/mol. The molecule has 0 unspecified atom stereocenters. The topological polar surface area (TPSA) is 35.5 Å². The predicted octanol–water partition coefficient (Wildman–Crippen LogP) is 3.65. The molecule has 2 aromatic rings. The third-order valence-corrected chi connectivity index (χ3v) is 4.43. The number of carbonyl (C=O) groups is 1. The van der Waals surface area contributed by atoms with E-state index in [0.717, 1.165) is 27.8 Å². The first-order chi connectivity index (χ1) is 10.2. The van der Waals surface area contributed by atoms with Crippen LogP contribution in [0.1, 0.15) is 32.6 Å². The number of ether oxygens (including phenoxy) is 2. The van der Waals surface area contributed by atoms with Crippen molar-refractivity contribution in [2.45, 2.75) is 19.6 Å². The van der Waals surface area contributed by atoms with Gasteiger partial charge in [0.25, 0.3) is 0 Å². The normalized spacial score (nSPS) is 15.5. The van der Waals surface area contributed by atoms with Crippen LogP contribution in [-0.4, -0.2) is 12.4 Å². The molecule has 0 amide bonds. The fourth-order valence-electron chi connectivity index (χ4n) is 2.91. The highest BCUT2D eigenvalue weighted by Crippen LogP contribution is 2.34. The van der Waals surface area contributed by atoms with Crippen LogP contribution >= 0.6 is 15.9 Å². The third-order valence-electron chi connectivity index (χ3n) is 3.98. The maximum Gasteiger partial charge on any atom is 0.196 e. The van der Waals surface area contributed by atoms with Gasteiger partial charge in [0.1, 0.15) is 5.75 Å². The van der Waals surface area contributed by atoms with Gasteiger partial charge in [-0.3, -0.25) is 4.79 Å². The summed E-state index contributed by atoms with van der Waals surface area (Å²) in [5.41, 5.74) is 4.69. The fourth-order valence-corrected chi connectivity index (χ4v) is 3.41. The maximum absolute atomic E-state index is 12.8. The standard InChI is InChI=1S/C17H13BrO3/c18-14-6-11-3-4-21-17(11)15(7-14)16(19)10-1-2-12-8-20-9-13(12)5-10/h1-2,5-7H,3-4,8-9H2. The van der Waals surface area contributed by atoms with Crippen LogP contribution in [0.4, 0.5) is 0 Å². The van der Waals surface area contributed by atoms with Crippen molar-refractivity contribution < 1.29 is 14.3 Å². The van der Waals surface area contributed by atoms with Gasteiger partial charge in [0.05, 0.1) is 25.4 Å². The fraction of sp³-hybridized carbons (Fsp3) is 0.235. The highest BCUT2D eigenvalue weighted by Gasteiger charge is 2.23. The molecule has 2 heterocycles. The molecule has 2 aliphatic heterocycles. The SMILES string of the molecule is O=C(c1ccc2c(c1)COC2)c1cc(Br)cc2c1OCC2. The Balaban J connectivity index is 1.79. The lowest BCUT2D eigenvalue weighted by molar-refractivity contribution is 0.103. The smallest absolute Gasteiger partial charge is 0.196 e.